The number of oxazole rings is 1. The van der Waals surface area contributed by atoms with Gasteiger partial charge in [-0.15, -0.1) is 0 Å². The molecule has 4 heteroatoms. The van der Waals surface area contributed by atoms with E-state index in [9.17, 15) is 0 Å². The van der Waals surface area contributed by atoms with Crippen LogP contribution in [0.3, 0.4) is 0 Å². The van der Waals surface area contributed by atoms with Crippen molar-refractivity contribution >= 4 is 0 Å². The van der Waals surface area contributed by atoms with Gasteiger partial charge in [-0.25, -0.2) is 4.98 Å². The summed E-state index contributed by atoms with van der Waals surface area (Å²) in [7, 11) is 0. The van der Waals surface area contributed by atoms with E-state index in [-0.39, 0.29) is 0 Å². The molecule has 0 saturated carbocycles. The van der Waals surface area contributed by atoms with Gasteiger partial charge in [0.25, 0.3) is 0 Å². The summed E-state index contributed by atoms with van der Waals surface area (Å²) in [6.07, 6.45) is 4.41. The molecule has 1 aliphatic rings. The molecular formula is C16H20N2O2. The lowest BCUT2D eigenvalue weighted by Crippen LogP contribution is -2.25. The first-order valence-electron chi connectivity index (χ1n) is 7.15. The lowest BCUT2D eigenvalue weighted by atomic mass is 10.1. The normalized spacial score (nSPS) is 18.6. The van der Waals surface area contributed by atoms with Crippen molar-refractivity contribution in [2.75, 3.05) is 13.2 Å². The van der Waals surface area contributed by atoms with E-state index in [0.717, 1.165) is 37.4 Å². The SMILES string of the molecule is Cc1ccccc1-c1nc(CNC[C@@H]2CCCO2)co1. The predicted octanol–water partition coefficient (Wildman–Crippen LogP) is 2.92. The quantitative estimate of drug-likeness (QED) is 0.909. The molecule has 0 amide bonds. The molecule has 1 N–H and O–H groups in total. The number of nitrogens with zero attached hydrogens (tertiary/aromatic N) is 1. The van der Waals surface area contributed by atoms with Crippen LogP contribution in [0.1, 0.15) is 24.1 Å². The Morgan fingerprint density at radius 2 is 2.25 bits per heavy atom. The number of aromatic nitrogens is 1. The van der Waals surface area contributed by atoms with Gasteiger partial charge in [0, 0.05) is 25.3 Å². The average molecular weight is 272 g/mol. The van der Waals surface area contributed by atoms with Gasteiger partial charge in [-0.05, 0) is 31.4 Å². The van der Waals surface area contributed by atoms with E-state index in [4.69, 9.17) is 9.15 Å². The van der Waals surface area contributed by atoms with Crippen LogP contribution in [0.5, 0.6) is 0 Å². The van der Waals surface area contributed by atoms with Crippen LogP contribution in [-0.4, -0.2) is 24.2 Å². The maximum atomic E-state index is 5.57. The molecule has 4 nitrogen and oxygen atoms in total. The first-order valence-corrected chi connectivity index (χ1v) is 7.15. The van der Waals surface area contributed by atoms with Crippen molar-refractivity contribution in [3.63, 3.8) is 0 Å². The van der Waals surface area contributed by atoms with Gasteiger partial charge in [-0.3, -0.25) is 0 Å². The molecule has 1 aromatic heterocycles. The number of nitrogens with one attached hydrogen (secondary N) is 1. The second-order valence-electron chi connectivity index (χ2n) is 5.22. The third kappa shape index (κ3) is 3.08. The average Bonchev–Trinajstić information content (AvgIpc) is 3.11. The maximum absolute atomic E-state index is 5.57. The first kappa shape index (κ1) is 13.3. The molecule has 0 unspecified atom stereocenters. The molecule has 0 spiro atoms. The van der Waals surface area contributed by atoms with Gasteiger partial charge in [-0.2, -0.15) is 0 Å². The summed E-state index contributed by atoms with van der Waals surface area (Å²) in [5.74, 6) is 0.692. The van der Waals surface area contributed by atoms with Crippen LogP contribution in [0, 0.1) is 6.92 Å². The van der Waals surface area contributed by atoms with E-state index in [1.54, 1.807) is 6.26 Å². The molecule has 3 rings (SSSR count). The summed E-state index contributed by atoms with van der Waals surface area (Å²) in [4.78, 5) is 4.54. The fourth-order valence-corrected chi connectivity index (χ4v) is 2.49. The van der Waals surface area contributed by atoms with E-state index in [0.29, 0.717) is 12.0 Å². The minimum Gasteiger partial charge on any atom is -0.444 e. The predicted molar refractivity (Wildman–Crippen MR) is 77.4 cm³/mol. The van der Waals surface area contributed by atoms with Crippen molar-refractivity contribution < 1.29 is 9.15 Å². The second-order valence-corrected chi connectivity index (χ2v) is 5.22. The molecule has 2 heterocycles. The van der Waals surface area contributed by atoms with Gasteiger partial charge in [-0.1, -0.05) is 18.2 Å². The Hall–Kier alpha value is -1.65. The van der Waals surface area contributed by atoms with Crippen molar-refractivity contribution in [3.05, 3.63) is 41.8 Å². The third-order valence-electron chi connectivity index (χ3n) is 3.63. The Morgan fingerprint density at radius 1 is 1.35 bits per heavy atom. The Labute approximate surface area is 119 Å². The number of hydrogen-bond acceptors (Lipinski definition) is 4. The largest absolute Gasteiger partial charge is 0.444 e. The van der Waals surface area contributed by atoms with Gasteiger partial charge < -0.3 is 14.5 Å². The minimum atomic E-state index is 0.359. The molecule has 0 aliphatic carbocycles. The number of rotatable bonds is 5. The molecule has 106 valence electrons. The molecule has 1 atom stereocenters. The van der Waals surface area contributed by atoms with E-state index in [2.05, 4.69) is 23.3 Å². The van der Waals surface area contributed by atoms with Crippen LogP contribution >= 0.6 is 0 Å². The van der Waals surface area contributed by atoms with Crippen LogP contribution < -0.4 is 5.32 Å². The zero-order valence-electron chi connectivity index (χ0n) is 11.8. The zero-order valence-corrected chi connectivity index (χ0v) is 11.8. The van der Waals surface area contributed by atoms with Crippen molar-refractivity contribution in [3.8, 4) is 11.5 Å². The van der Waals surface area contributed by atoms with Gasteiger partial charge in [0.2, 0.25) is 5.89 Å². The Bertz CT molecular complexity index is 559. The highest BCUT2D eigenvalue weighted by atomic mass is 16.5. The lowest BCUT2D eigenvalue weighted by molar-refractivity contribution is 0.110. The highest BCUT2D eigenvalue weighted by Gasteiger charge is 2.15. The van der Waals surface area contributed by atoms with Crippen molar-refractivity contribution in [1.29, 1.82) is 0 Å². The highest BCUT2D eigenvalue weighted by molar-refractivity contribution is 5.58. The number of aryl methyl sites for hydroxylation is 1. The summed E-state index contributed by atoms with van der Waals surface area (Å²) in [6.45, 7) is 4.56. The summed E-state index contributed by atoms with van der Waals surface area (Å²) < 4.78 is 11.1. The van der Waals surface area contributed by atoms with Crippen LogP contribution in [-0.2, 0) is 11.3 Å². The van der Waals surface area contributed by atoms with Crippen LogP contribution in [0.15, 0.2) is 34.9 Å². The molecule has 1 fully saturated rings. The molecule has 0 bridgehead atoms. The monoisotopic (exact) mass is 272 g/mol. The molecule has 1 saturated heterocycles. The standard InChI is InChI=1S/C16H20N2O2/c1-12-5-2-3-7-15(12)16-18-13(11-20-16)9-17-10-14-6-4-8-19-14/h2-3,5,7,11,14,17H,4,6,8-10H2,1H3/t14-/m0/s1. The molecule has 20 heavy (non-hydrogen) atoms. The van der Waals surface area contributed by atoms with E-state index >= 15 is 0 Å². The maximum Gasteiger partial charge on any atom is 0.226 e. The lowest BCUT2D eigenvalue weighted by Gasteiger charge is -2.08. The minimum absolute atomic E-state index is 0.359. The number of hydrogen-bond donors (Lipinski definition) is 1. The Balaban J connectivity index is 1.58. The fraction of sp³-hybridized carbons (Fsp3) is 0.438. The summed E-state index contributed by atoms with van der Waals surface area (Å²) in [5, 5.41) is 3.38. The van der Waals surface area contributed by atoms with E-state index in [1.165, 1.54) is 12.0 Å². The molecule has 1 aromatic carbocycles. The molecule has 0 radical (unpaired) electrons. The van der Waals surface area contributed by atoms with Crippen molar-refractivity contribution in [2.24, 2.45) is 0 Å². The summed E-state index contributed by atoms with van der Waals surface area (Å²) >= 11 is 0. The van der Waals surface area contributed by atoms with Crippen molar-refractivity contribution in [2.45, 2.75) is 32.4 Å². The van der Waals surface area contributed by atoms with E-state index < -0.39 is 0 Å². The molecular weight excluding hydrogens is 252 g/mol. The first-order chi connectivity index (χ1) is 9.83. The fourth-order valence-electron chi connectivity index (χ4n) is 2.49. The second kappa shape index (κ2) is 6.20. The van der Waals surface area contributed by atoms with Crippen LogP contribution in [0.25, 0.3) is 11.5 Å². The van der Waals surface area contributed by atoms with Gasteiger partial charge in [0.15, 0.2) is 0 Å². The third-order valence-corrected chi connectivity index (χ3v) is 3.63. The number of benzene rings is 1. The van der Waals surface area contributed by atoms with Gasteiger partial charge in [0.1, 0.15) is 6.26 Å². The van der Waals surface area contributed by atoms with Crippen LogP contribution in [0.2, 0.25) is 0 Å². The Kier molecular flexibility index (Phi) is 4.14. The Morgan fingerprint density at radius 3 is 3.05 bits per heavy atom. The molecule has 1 aliphatic heterocycles. The van der Waals surface area contributed by atoms with Crippen LogP contribution in [0.4, 0.5) is 0 Å². The summed E-state index contributed by atoms with van der Waals surface area (Å²) in [6, 6.07) is 8.12. The zero-order chi connectivity index (χ0) is 13.8. The smallest absolute Gasteiger partial charge is 0.226 e. The van der Waals surface area contributed by atoms with Gasteiger partial charge >= 0.3 is 0 Å². The topological polar surface area (TPSA) is 47.3 Å². The van der Waals surface area contributed by atoms with E-state index in [1.807, 2.05) is 18.2 Å². The number of ether oxygens (including phenoxy) is 1. The summed E-state index contributed by atoms with van der Waals surface area (Å²) in [5.41, 5.74) is 3.16. The van der Waals surface area contributed by atoms with Gasteiger partial charge in [0.05, 0.1) is 11.8 Å². The highest BCUT2D eigenvalue weighted by Crippen LogP contribution is 2.22. The van der Waals surface area contributed by atoms with Crippen molar-refractivity contribution in [1.82, 2.24) is 10.3 Å². The molecule has 2 aromatic rings.